The van der Waals surface area contributed by atoms with Crippen molar-refractivity contribution in [3.63, 3.8) is 0 Å². The molecule has 2 aliphatic carbocycles. The van der Waals surface area contributed by atoms with Gasteiger partial charge in [0, 0.05) is 18.0 Å². The predicted molar refractivity (Wildman–Crippen MR) is 133 cm³/mol. The SMILES string of the molecule is C/C(=C\CNC(=O)OCC1c2ccccc2-c2ccccc21)C(=O)NC1(CC(=O)O)CCCCC1. The number of carbonyl (C=O) groups is 3. The summed E-state index contributed by atoms with van der Waals surface area (Å²) in [6.45, 7) is 2.02. The fourth-order valence-corrected chi connectivity index (χ4v) is 5.23. The molecule has 0 aliphatic heterocycles. The third-order valence-electron chi connectivity index (χ3n) is 7.04. The Morgan fingerprint density at radius 2 is 1.60 bits per heavy atom. The molecule has 0 atom stereocenters. The van der Waals surface area contributed by atoms with Crippen molar-refractivity contribution < 1.29 is 24.2 Å². The zero-order chi connectivity index (χ0) is 24.8. The second-order valence-electron chi connectivity index (χ2n) is 9.46. The molecule has 0 aromatic heterocycles. The molecule has 2 aromatic rings. The molecule has 0 saturated heterocycles. The van der Waals surface area contributed by atoms with Gasteiger partial charge >= 0.3 is 12.1 Å². The second-order valence-corrected chi connectivity index (χ2v) is 9.46. The molecule has 1 fully saturated rings. The van der Waals surface area contributed by atoms with E-state index in [4.69, 9.17) is 4.74 Å². The summed E-state index contributed by atoms with van der Waals surface area (Å²) in [6, 6.07) is 16.3. The fourth-order valence-electron chi connectivity index (χ4n) is 5.23. The maximum Gasteiger partial charge on any atom is 0.407 e. The third-order valence-corrected chi connectivity index (χ3v) is 7.04. The molecule has 4 rings (SSSR count). The lowest BCUT2D eigenvalue weighted by Crippen LogP contribution is -2.51. The number of carbonyl (C=O) groups excluding carboxylic acids is 2. The average Bonchev–Trinajstić information content (AvgIpc) is 3.16. The highest BCUT2D eigenvalue weighted by molar-refractivity contribution is 5.93. The van der Waals surface area contributed by atoms with Crippen molar-refractivity contribution in [1.82, 2.24) is 10.6 Å². The smallest absolute Gasteiger partial charge is 0.407 e. The van der Waals surface area contributed by atoms with E-state index in [0.29, 0.717) is 18.4 Å². The minimum Gasteiger partial charge on any atom is -0.481 e. The van der Waals surface area contributed by atoms with E-state index in [1.165, 1.54) is 11.1 Å². The number of aliphatic carboxylic acids is 1. The van der Waals surface area contributed by atoms with Crippen molar-refractivity contribution in [2.24, 2.45) is 0 Å². The molecule has 0 bridgehead atoms. The van der Waals surface area contributed by atoms with Crippen LogP contribution in [0.3, 0.4) is 0 Å². The number of nitrogens with one attached hydrogen (secondary N) is 2. The number of benzene rings is 2. The van der Waals surface area contributed by atoms with Crippen LogP contribution in [0.1, 0.15) is 62.5 Å². The first-order valence-electron chi connectivity index (χ1n) is 12.2. The number of hydrogen-bond donors (Lipinski definition) is 3. The Balaban J connectivity index is 1.29. The van der Waals surface area contributed by atoms with E-state index in [1.807, 2.05) is 24.3 Å². The molecular weight excluding hydrogens is 444 g/mol. The molecule has 7 heteroatoms. The molecule has 2 amide bonds. The number of carboxylic acids is 1. The number of fused-ring (bicyclic) bond motifs is 3. The van der Waals surface area contributed by atoms with Crippen molar-refractivity contribution in [3.8, 4) is 11.1 Å². The first-order chi connectivity index (χ1) is 16.9. The second kappa shape index (κ2) is 10.8. The highest BCUT2D eigenvalue weighted by Gasteiger charge is 2.36. The highest BCUT2D eigenvalue weighted by atomic mass is 16.5. The summed E-state index contributed by atoms with van der Waals surface area (Å²) in [5.41, 5.74) is 4.36. The van der Waals surface area contributed by atoms with Crippen molar-refractivity contribution >= 4 is 18.0 Å². The molecule has 35 heavy (non-hydrogen) atoms. The van der Waals surface area contributed by atoms with Crippen molar-refractivity contribution in [2.75, 3.05) is 13.2 Å². The maximum atomic E-state index is 12.7. The number of rotatable bonds is 8. The van der Waals surface area contributed by atoms with E-state index in [9.17, 15) is 19.5 Å². The van der Waals surface area contributed by atoms with E-state index in [2.05, 4.69) is 34.9 Å². The van der Waals surface area contributed by atoms with Gasteiger partial charge in [0.1, 0.15) is 6.61 Å². The van der Waals surface area contributed by atoms with Crippen LogP contribution < -0.4 is 10.6 Å². The number of hydrogen-bond acceptors (Lipinski definition) is 4. The Morgan fingerprint density at radius 3 is 2.20 bits per heavy atom. The molecule has 1 saturated carbocycles. The summed E-state index contributed by atoms with van der Waals surface area (Å²) < 4.78 is 5.52. The zero-order valence-electron chi connectivity index (χ0n) is 20.0. The monoisotopic (exact) mass is 476 g/mol. The average molecular weight is 477 g/mol. The van der Waals surface area contributed by atoms with Crippen LogP contribution in [0.2, 0.25) is 0 Å². The van der Waals surface area contributed by atoms with Crippen LogP contribution in [0, 0.1) is 0 Å². The van der Waals surface area contributed by atoms with Crippen LogP contribution in [-0.4, -0.2) is 41.8 Å². The topological polar surface area (TPSA) is 105 Å². The van der Waals surface area contributed by atoms with Gasteiger partial charge < -0.3 is 20.5 Å². The summed E-state index contributed by atoms with van der Waals surface area (Å²) in [4.78, 5) is 36.4. The van der Waals surface area contributed by atoms with Crippen LogP contribution in [-0.2, 0) is 14.3 Å². The Labute approximate surface area is 205 Å². The van der Waals surface area contributed by atoms with E-state index < -0.39 is 17.6 Å². The summed E-state index contributed by atoms with van der Waals surface area (Å²) in [5, 5.41) is 14.9. The maximum absolute atomic E-state index is 12.7. The first-order valence-corrected chi connectivity index (χ1v) is 12.2. The summed E-state index contributed by atoms with van der Waals surface area (Å²) >= 11 is 0. The Hall–Kier alpha value is -3.61. The van der Waals surface area contributed by atoms with E-state index >= 15 is 0 Å². The van der Waals surface area contributed by atoms with Gasteiger partial charge in [-0.1, -0.05) is 73.9 Å². The van der Waals surface area contributed by atoms with Gasteiger partial charge in [-0.05, 0) is 42.0 Å². The molecule has 2 aliphatic rings. The van der Waals surface area contributed by atoms with Crippen LogP contribution in [0.25, 0.3) is 11.1 Å². The highest BCUT2D eigenvalue weighted by Crippen LogP contribution is 2.44. The first kappa shape index (κ1) is 24.5. The molecular formula is C28H32N2O5. The summed E-state index contributed by atoms with van der Waals surface area (Å²) in [5.74, 6) is -1.23. The van der Waals surface area contributed by atoms with Crippen LogP contribution in [0.15, 0.2) is 60.2 Å². The minimum absolute atomic E-state index is 0.0166. The zero-order valence-corrected chi connectivity index (χ0v) is 20.0. The summed E-state index contributed by atoms with van der Waals surface area (Å²) in [7, 11) is 0. The molecule has 2 aromatic carbocycles. The van der Waals surface area contributed by atoms with Gasteiger partial charge in [-0.25, -0.2) is 4.79 Å². The number of ether oxygens (including phenoxy) is 1. The molecule has 0 spiro atoms. The lowest BCUT2D eigenvalue weighted by atomic mass is 9.79. The van der Waals surface area contributed by atoms with Crippen molar-refractivity contribution in [1.29, 1.82) is 0 Å². The predicted octanol–water partition coefficient (Wildman–Crippen LogP) is 4.77. The normalized spacial score (nSPS) is 16.7. The minimum atomic E-state index is -0.911. The lowest BCUT2D eigenvalue weighted by molar-refractivity contribution is -0.139. The van der Waals surface area contributed by atoms with Gasteiger partial charge in [-0.3, -0.25) is 9.59 Å². The lowest BCUT2D eigenvalue weighted by Gasteiger charge is -2.37. The quantitative estimate of drug-likeness (QED) is 0.476. The molecule has 0 radical (unpaired) electrons. The van der Waals surface area contributed by atoms with Gasteiger partial charge in [0.2, 0.25) is 5.91 Å². The van der Waals surface area contributed by atoms with E-state index in [0.717, 1.165) is 30.4 Å². The van der Waals surface area contributed by atoms with Gasteiger partial charge in [0.25, 0.3) is 0 Å². The van der Waals surface area contributed by atoms with Gasteiger partial charge in [-0.15, -0.1) is 0 Å². The number of alkyl carbamates (subject to hydrolysis) is 1. The number of carboxylic acid groups (broad SMARTS) is 1. The summed E-state index contributed by atoms with van der Waals surface area (Å²) in [6.07, 6.45) is 5.17. The van der Waals surface area contributed by atoms with Gasteiger partial charge in [0.15, 0.2) is 0 Å². The van der Waals surface area contributed by atoms with Gasteiger partial charge in [0.05, 0.1) is 12.0 Å². The van der Waals surface area contributed by atoms with Gasteiger partial charge in [-0.2, -0.15) is 0 Å². The van der Waals surface area contributed by atoms with Crippen LogP contribution in [0.4, 0.5) is 4.79 Å². The Kier molecular flexibility index (Phi) is 7.54. The van der Waals surface area contributed by atoms with Crippen LogP contribution in [0.5, 0.6) is 0 Å². The van der Waals surface area contributed by atoms with E-state index in [-0.39, 0.29) is 31.4 Å². The van der Waals surface area contributed by atoms with Crippen LogP contribution >= 0.6 is 0 Å². The van der Waals surface area contributed by atoms with Crippen molar-refractivity contribution in [3.05, 3.63) is 71.3 Å². The molecule has 7 nitrogen and oxygen atoms in total. The molecule has 184 valence electrons. The van der Waals surface area contributed by atoms with Crippen molar-refractivity contribution in [2.45, 2.75) is 56.9 Å². The largest absolute Gasteiger partial charge is 0.481 e. The fraction of sp³-hybridized carbons (Fsp3) is 0.393. The molecule has 3 N–H and O–H groups in total. The number of amides is 2. The van der Waals surface area contributed by atoms with E-state index in [1.54, 1.807) is 13.0 Å². The third kappa shape index (κ3) is 5.73. The molecule has 0 heterocycles. The Morgan fingerprint density at radius 1 is 1.00 bits per heavy atom. The Bertz CT molecular complexity index is 1090. The standard InChI is InChI=1S/C28H32N2O5/c1-19(26(33)30-28(17-25(31)32)14-7-2-8-15-28)13-16-29-27(34)35-18-24-22-11-5-3-9-20(22)21-10-4-6-12-23(21)24/h3-6,9-13,24H,2,7-8,14-18H2,1H3,(H,29,34)(H,30,33)(H,31,32)/b19-13+. The molecule has 0 unspecified atom stereocenters.